The van der Waals surface area contributed by atoms with Crippen molar-refractivity contribution in [2.75, 3.05) is 24.6 Å². The molecule has 0 bridgehead atoms. The van der Waals surface area contributed by atoms with Gasteiger partial charge < -0.3 is 10.0 Å². The minimum atomic E-state index is -1.01. The Bertz CT molecular complexity index is 465. The molecule has 0 unspecified atom stereocenters. The molecule has 7 heteroatoms. The highest BCUT2D eigenvalue weighted by Gasteiger charge is 2.25. The Balaban J connectivity index is 2.31. The van der Waals surface area contributed by atoms with Crippen LogP contribution in [0.4, 0.5) is 10.1 Å². The van der Waals surface area contributed by atoms with Crippen molar-refractivity contribution in [1.82, 2.24) is 9.78 Å². The molecular formula is C10H12ClFN3O2. The van der Waals surface area contributed by atoms with Crippen LogP contribution in [0.3, 0.4) is 0 Å². The number of aliphatic hydroxyl groups excluding tert-OH is 1. The fourth-order valence-corrected chi connectivity index (χ4v) is 1.99. The van der Waals surface area contributed by atoms with Crippen LogP contribution in [0.15, 0.2) is 11.0 Å². The first kappa shape index (κ1) is 12.3. The van der Waals surface area contributed by atoms with Gasteiger partial charge in [-0.05, 0) is 0 Å². The van der Waals surface area contributed by atoms with Gasteiger partial charge >= 0.3 is 0 Å². The summed E-state index contributed by atoms with van der Waals surface area (Å²) >= 11 is 5.93. The number of alkyl halides is 1. The Hall–Kier alpha value is -1.14. The number of rotatable bonds is 3. The van der Waals surface area contributed by atoms with Gasteiger partial charge in [0.2, 0.25) is 0 Å². The van der Waals surface area contributed by atoms with Gasteiger partial charge in [-0.2, -0.15) is 5.10 Å². The van der Waals surface area contributed by atoms with Crippen LogP contribution in [0.25, 0.3) is 0 Å². The monoisotopic (exact) mass is 260 g/mol. The zero-order chi connectivity index (χ0) is 12.4. The molecule has 2 rings (SSSR count). The quantitative estimate of drug-likeness (QED) is 0.847. The van der Waals surface area contributed by atoms with E-state index in [2.05, 4.69) is 5.10 Å². The summed E-state index contributed by atoms with van der Waals surface area (Å²) in [5, 5.41) is 12.6. The van der Waals surface area contributed by atoms with Gasteiger partial charge in [0.15, 0.2) is 0 Å². The maximum Gasteiger partial charge on any atom is 0.287 e. The molecule has 5 nitrogen and oxygen atoms in total. The maximum absolute atomic E-state index is 13.0. The SMILES string of the molecule is O=c1c(Cl)c(N2C[CH][C@H](F)C2)cnn1CCO. The highest BCUT2D eigenvalue weighted by molar-refractivity contribution is 6.33. The van der Waals surface area contributed by atoms with E-state index in [4.69, 9.17) is 16.7 Å². The second-order valence-corrected chi connectivity index (χ2v) is 4.13. The predicted molar refractivity (Wildman–Crippen MR) is 62.0 cm³/mol. The average molecular weight is 261 g/mol. The first-order valence-electron chi connectivity index (χ1n) is 5.22. The molecule has 1 aromatic rings. The van der Waals surface area contributed by atoms with Crippen LogP contribution in [0.2, 0.25) is 5.02 Å². The van der Waals surface area contributed by atoms with E-state index in [1.54, 1.807) is 4.90 Å². The Labute approximate surface area is 102 Å². The topological polar surface area (TPSA) is 58.4 Å². The van der Waals surface area contributed by atoms with Crippen molar-refractivity contribution in [3.63, 3.8) is 0 Å². The van der Waals surface area contributed by atoms with Gasteiger partial charge in [-0.3, -0.25) is 4.79 Å². The number of halogens is 2. The van der Waals surface area contributed by atoms with Crippen LogP contribution in [0.1, 0.15) is 0 Å². The van der Waals surface area contributed by atoms with Gasteiger partial charge in [-0.15, -0.1) is 0 Å². The zero-order valence-electron chi connectivity index (χ0n) is 9.01. The first-order chi connectivity index (χ1) is 8.13. The summed E-state index contributed by atoms with van der Waals surface area (Å²) in [5.74, 6) is 0. The van der Waals surface area contributed by atoms with E-state index in [0.29, 0.717) is 12.2 Å². The molecule has 0 aliphatic carbocycles. The lowest BCUT2D eigenvalue weighted by molar-refractivity contribution is 0.266. The van der Waals surface area contributed by atoms with E-state index < -0.39 is 11.7 Å². The molecule has 1 aromatic heterocycles. The van der Waals surface area contributed by atoms with Crippen LogP contribution in [0.5, 0.6) is 0 Å². The number of hydrogen-bond donors (Lipinski definition) is 1. The molecule has 0 saturated carbocycles. The normalized spacial score (nSPS) is 19.9. The lowest BCUT2D eigenvalue weighted by Gasteiger charge is -2.18. The van der Waals surface area contributed by atoms with Gasteiger partial charge in [-0.1, -0.05) is 11.6 Å². The van der Waals surface area contributed by atoms with E-state index in [1.165, 1.54) is 12.6 Å². The molecule has 2 heterocycles. The van der Waals surface area contributed by atoms with Crippen LogP contribution >= 0.6 is 11.6 Å². The third-order valence-electron chi connectivity index (χ3n) is 2.60. The molecule has 93 valence electrons. The lowest BCUT2D eigenvalue weighted by Crippen LogP contribution is -2.29. The molecule has 1 atom stereocenters. The number of hydrogen-bond acceptors (Lipinski definition) is 4. The minimum Gasteiger partial charge on any atom is -0.394 e. The Morgan fingerprint density at radius 2 is 2.41 bits per heavy atom. The van der Waals surface area contributed by atoms with Gasteiger partial charge in [0.1, 0.15) is 11.2 Å². The summed E-state index contributed by atoms with van der Waals surface area (Å²) in [4.78, 5) is 13.4. The van der Waals surface area contributed by atoms with Crippen molar-refractivity contribution in [3.8, 4) is 0 Å². The van der Waals surface area contributed by atoms with E-state index in [9.17, 15) is 9.18 Å². The highest BCUT2D eigenvalue weighted by Crippen LogP contribution is 2.25. The second-order valence-electron chi connectivity index (χ2n) is 3.75. The summed E-state index contributed by atoms with van der Waals surface area (Å²) in [6.45, 7) is 0.500. The summed E-state index contributed by atoms with van der Waals surface area (Å²) in [6.07, 6.45) is 1.92. The lowest BCUT2D eigenvalue weighted by atomic mass is 10.3. The Morgan fingerprint density at radius 1 is 1.65 bits per heavy atom. The van der Waals surface area contributed by atoms with Gasteiger partial charge in [0.05, 0.1) is 25.0 Å². The van der Waals surface area contributed by atoms with Crippen molar-refractivity contribution in [2.45, 2.75) is 12.7 Å². The van der Waals surface area contributed by atoms with Gasteiger partial charge in [-0.25, -0.2) is 9.07 Å². The molecule has 0 spiro atoms. The maximum atomic E-state index is 13.0. The van der Waals surface area contributed by atoms with Crippen molar-refractivity contribution in [3.05, 3.63) is 28.0 Å². The largest absolute Gasteiger partial charge is 0.394 e. The van der Waals surface area contributed by atoms with Crippen LogP contribution in [-0.2, 0) is 6.54 Å². The average Bonchev–Trinajstić information content (AvgIpc) is 2.72. The minimum absolute atomic E-state index is 0.0101. The smallest absolute Gasteiger partial charge is 0.287 e. The van der Waals surface area contributed by atoms with Crippen LogP contribution in [0, 0.1) is 6.42 Å². The first-order valence-corrected chi connectivity index (χ1v) is 5.60. The number of aromatic nitrogens is 2. The third kappa shape index (κ3) is 2.42. The molecule has 1 radical (unpaired) electrons. The van der Waals surface area contributed by atoms with Crippen LogP contribution in [-0.4, -0.2) is 40.8 Å². The Kier molecular flexibility index (Phi) is 3.63. The van der Waals surface area contributed by atoms with Crippen molar-refractivity contribution < 1.29 is 9.50 Å². The highest BCUT2D eigenvalue weighted by atomic mass is 35.5. The molecule has 1 saturated heterocycles. The number of nitrogens with zero attached hydrogens (tertiary/aromatic N) is 3. The summed E-state index contributed by atoms with van der Waals surface area (Å²) in [6, 6.07) is 0. The summed E-state index contributed by atoms with van der Waals surface area (Å²) in [5.41, 5.74) is -0.0391. The zero-order valence-corrected chi connectivity index (χ0v) is 9.77. The van der Waals surface area contributed by atoms with Crippen molar-refractivity contribution in [1.29, 1.82) is 0 Å². The van der Waals surface area contributed by atoms with Gasteiger partial charge in [0, 0.05) is 19.5 Å². The molecular weight excluding hydrogens is 249 g/mol. The van der Waals surface area contributed by atoms with Crippen LogP contribution < -0.4 is 10.5 Å². The van der Waals surface area contributed by atoms with E-state index >= 15 is 0 Å². The number of anilines is 1. The van der Waals surface area contributed by atoms with E-state index in [-0.39, 0.29) is 24.7 Å². The molecule has 1 aliphatic heterocycles. The Morgan fingerprint density at radius 3 is 3.00 bits per heavy atom. The summed E-state index contributed by atoms with van der Waals surface area (Å²) in [7, 11) is 0. The van der Waals surface area contributed by atoms with E-state index in [1.807, 2.05) is 0 Å². The molecule has 17 heavy (non-hydrogen) atoms. The second kappa shape index (κ2) is 5.01. The fourth-order valence-electron chi connectivity index (χ4n) is 1.73. The number of aliphatic hydroxyl groups is 1. The van der Waals surface area contributed by atoms with Gasteiger partial charge in [0.25, 0.3) is 5.56 Å². The predicted octanol–water partition coefficient (Wildman–Crippen LogP) is 0.251. The standard InChI is InChI=1S/C10H12ClFN3O2/c11-9-8(14-2-1-7(12)6-14)5-13-15(3-4-16)10(9)17/h1,5,7,16H,2-4,6H2/t7-/m0/s1. The third-order valence-corrected chi connectivity index (χ3v) is 2.95. The van der Waals surface area contributed by atoms with Crippen molar-refractivity contribution in [2.24, 2.45) is 0 Å². The molecule has 0 amide bonds. The molecule has 1 aliphatic rings. The molecule has 1 N–H and O–H groups in total. The molecule has 0 aromatic carbocycles. The molecule has 1 fully saturated rings. The van der Waals surface area contributed by atoms with Crippen molar-refractivity contribution >= 4 is 17.3 Å². The van der Waals surface area contributed by atoms with E-state index in [0.717, 1.165) is 4.68 Å². The fraction of sp³-hybridized carbons (Fsp3) is 0.500. The summed E-state index contributed by atoms with van der Waals surface area (Å²) < 4.78 is 14.1.